The third-order valence-corrected chi connectivity index (χ3v) is 3.98. The molecule has 1 fully saturated rings. The number of nitrogens with zero attached hydrogens (tertiary/aromatic N) is 1. The summed E-state index contributed by atoms with van der Waals surface area (Å²) in [6.45, 7) is 4.37. The fraction of sp³-hybridized carbons (Fsp3) is 0.562. The van der Waals surface area contributed by atoms with Gasteiger partial charge in [-0.15, -0.1) is 0 Å². The van der Waals surface area contributed by atoms with E-state index in [-0.39, 0.29) is 17.6 Å². The number of rotatable bonds is 4. The highest BCUT2D eigenvalue weighted by Gasteiger charge is 2.19. The highest BCUT2D eigenvalue weighted by molar-refractivity contribution is 5.74. The van der Waals surface area contributed by atoms with Gasteiger partial charge in [-0.2, -0.15) is 0 Å². The van der Waals surface area contributed by atoms with E-state index in [0.717, 1.165) is 31.5 Å². The Labute approximate surface area is 125 Å². The number of benzene rings is 1. The van der Waals surface area contributed by atoms with Crippen LogP contribution in [0.15, 0.2) is 18.2 Å². The van der Waals surface area contributed by atoms with Gasteiger partial charge in [0.15, 0.2) is 11.6 Å². The van der Waals surface area contributed by atoms with Crippen molar-refractivity contribution in [3.63, 3.8) is 0 Å². The molecule has 0 radical (unpaired) electrons. The first-order valence-electron chi connectivity index (χ1n) is 7.45. The number of ether oxygens (including phenoxy) is 1. The van der Waals surface area contributed by atoms with Crippen molar-refractivity contribution in [3.8, 4) is 5.75 Å². The van der Waals surface area contributed by atoms with Gasteiger partial charge in [0.2, 0.25) is 0 Å². The number of carbonyl (C=O) groups is 1. The summed E-state index contributed by atoms with van der Waals surface area (Å²) in [7, 11) is 1.44. The number of nitrogens with one attached hydrogen (secondary N) is 1. The van der Waals surface area contributed by atoms with Crippen molar-refractivity contribution in [3.05, 3.63) is 29.6 Å². The summed E-state index contributed by atoms with van der Waals surface area (Å²) in [4.78, 5) is 13.8. The van der Waals surface area contributed by atoms with Crippen LogP contribution in [0.5, 0.6) is 5.75 Å². The first kappa shape index (κ1) is 15.6. The van der Waals surface area contributed by atoms with Crippen molar-refractivity contribution in [1.82, 2.24) is 10.2 Å². The normalized spacial score (nSPS) is 15.9. The summed E-state index contributed by atoms with van der Waals surface area (Å²) in [5.41, 5.74) is 0.848. The molecule has 0 unspecified atom stereocenters. The Bertz CT molecular complexity index is 485. The van der Waals surface area contributed by atoms with Crippen molar-refractivity contribution in [2.45, 2.75) is 26.2 Å². The van der Waals surface area contributed by atoms with Gasteiger partial charge < -0.3 is 15.0 Å². The molecule has 1 aromatic carbocycles. The monoisotopic (exact) mass is 294 g/mol. The Hall–Kier alpha value is -1.78. The van der Waals surface area contributed by atoms with Crippen LogP contribution in [0.4, 0.5) is 9.18 Å². The largest absolute Gasteiger partial charge is 0.494 e. The Morgan fingerprint density at radius 1 is 1.43 bits per heavy atom. The zero-order valence-electron chi connectivity index (χ0n) is 12.7. The summed E-state index contributed by atoms with van der Waals surface area (Å²) in [6.07, 6.45) is 2.74. The Morgan fingerprint density at radius 3 is 2.76 bits per heavy atom. The lowest BCUT2D eigenvalue weighted by Crippen LogP contribution is -2.44. The van der Waals surface area contributed by atoms with Crippen molar-refractivity contribution in [2.24, 2.45) is 5.92 Å². The quantitative estimate of drug-likeness (QED) is 0.927. The summed E-state index contributed by atoms with van der Waals surface area (Å²) in [5.74, 6) is 0.577. The second-order valence-electron chi connectivity index (χ2n) is 5.62. The predicted molar refractivity (Wildman–Crippen MR) is 80.0 cm³/mol. The number of hydrogen-bond donors (Lipinski definition) is 1. The van der Waals surface area contributed by atoms with Gasteiger partial charge in [-0.1, -0.05) is 13.0 Å². The van der Waals surface area contributed by atoms with Crippen LogP contribution in [0.1, 0.15) is 25.3 Å². The molecular formula is C16H23FN2O2. The van der Waals surface area contributed by atoms with Crippen molar-refractivity contribution in [1.29, 1.82) is 0 Å². The van der Waals surface area contributed by atoms with Crippen LogP contribution in [0.25, 0.3) is 0 Å². The molecule has 4 nitrogen and oxygen atoms in total. The molecule has 21 heavy (non-hydrogen) atoms. The van der Waals surface area contributed by atoms with Crippen LogP contribution in [0, 0.1) is 11.7 Å². The molecule has 0 aliphatic carbocycles. The molecule has 1 aliphatic rings. The van der Waals surface area contributed by atoms with Crippen LogP contribution in [0.3, 0.4) is 0 Å². The third-order valence-electron chi connectivity index (χ3n) is 3.98. The second-order valence-corrected chi connectivity index (χ2v) is 5.62. The van der Waals surface area contributed by atoms with Crippen LogP contribution in [-0.4, -0.2) is 37.7 Å². The molecule has 1 saturated heterocycles. The van der Waals surface area contributed by atoms with E-state index in [0.29, 0.717) is 18.9 Å². The molecule has 0 saturated carbocycles. The Kier molecular flexibility index (Phi) is 5.42. The minimum Gasteiger partial charge on any atom is -0.494 e. The van der Waals surface area contributed by atoms with Crippen molar-refractivity contribution >= 4 is 6.03 Å². The summed E-state index contributed by atoms with van der Waals surface area (Å²) >= 11 is 0. The number of likely N-dealkylation sites (tertiary alicyclic amines) is 1. The number of urea groups is 1. The van der Waals surface area contributed by atoms with Gasteiger partial charge in [-0.05, 0) is 42.9 Å². The molecule has 1 heterocycles. The van der Waals surface area contributed by atoms with E-state index in [9.17, 15) is 9.18 Å². The van der Waals surface area contributed by atoms with Crippen molar-refractivity contribution in [2.75, 3.05) is 26.7 Å². The highest BCUT2D eigenvalue weighted by Crippen LogP contribution is 2.18. The van der Waals surface area contributed by atoms with Gasteiger partial charge in [0.25, 0.3) is 0 Å². The molecule has 0 aromatic heterocycles. The lowest BCUT2D eigenvalue weighted by molar-refractivity contribution is 0.174. The first-order chi connectivity index (χ1) is 10.1. The van der Waals surface area contributed by atoms with E-state index < -0.39 is 0 Å². The fourth-order valence-electron chi connectivity index (χ4n) is 2.50. The second kappa shape index (κ2) is 7.29. The van der Waals surface area contributed by atoms with Crippen LogP contribution < -0.4 is 10.1 Å². The van der Waals surface area contributed by atoms with E-state index in [1.54, 1.807) is 6.07 Å². The molecule has 0 spiro atoms. The first-order valence-corrected chi connectivity index (χ1v) is 7.45. The van der Waals surface area contributed by atoms with E-state index >= 15 is 0 Å². The number of halogens is 1. The maximum absolute atomic E-state index is 13.5. The van der Waals surface area contributed by atoms with Gasteiger partial charge >= 0.3 is 6.03 Å². The minimum atomic E-state index is -0.369. The van der Waals surface area contributed by atoms with Gasteiger partial charge in [0.05, 0.1) is 7.11 Å². The maximum atomic E-state index is 13.5. The summed E-state index contributed by atoms with van der Waals surface area (Å²) in [6, 6.07) is 4.86. The number of hydrogen-bond acceptors (Lipinski definition) is 2. The van der Waals surface area contributed by atoms with E-state index in [2.05, 4.69) is 12.2 Å². The standard InChI is InChI=1S/C16H23FN2O2/c1-12-6-9-19(10-7-12)16(20)18-8-5-13-3-4-15(21-2)14(17)11-13/h3-4,11-12H,5-10H2,1-2H3,(H,18,20). The lowest BCUT2D eigenvalue weighted by Gasteiger charge is -2.30. The molecular weight excluding hydrogens is 271 g/mol. The van der Waals surface area contributed by atoms with Gasteiger partial charge in [-0.25, -0.2) is 9.18 Å². The zero-order valence-corrected chi connectivity index (χ0v) is 12.7. The lowest BCUT2D eigenvalue weighted by atomic mass is 10.00. The van der Waals surface area contributed by atoms with E-state index in [4.69, 9.17) is 4.74 Å². The van der Waals surface area contributed by atoms with Crippen LogP contribution in [-0.2, 0) is 6.42 Å². The summed E-state index contributed by atoms with van der Waals surface area (Å²) in [5, 5.41) is 2.90. The molecule has 0 atom stereocenters. The number of carbonyl (C=O) groups excluding carboxylic acids is 1. The summed E-state index contributed by atoms with van der Waals surface area (Å²) < 4.78 is 18.4. The topological polar surface area (TPSA) is 41.6 Å². The third kappa shape index (κ3) is 4.34. The molecule has 2 rings (SSSR count). The molecule has 1 N–H and O–H groups in total. The number of methoxy groups -OCH3 is 1. The fourth-order valence-corrected chi connectivity index (χ4v) is 2.50. The zero-order chi connectivity index (χ0) is 15.2. The molecule has 5 heteroatoms. The van der Waals surface area contributed by atoms with Gasteiger partial charge in [0, 0.05) is 19.6 Å². The SMILES string of the molecule is COc1ccc(CCNC(=O)N2CCC(C)CC2)cc1F. The molecule has 116 valence electrons. The Balaban J connectivity index is 1.76. The smallest absolute Gasteiger partial charge is 0.317 e. The highest BCUT2D eigenvalue weighted by atomic mass is 19.1. The average molecular weight is 294 g/mol. The van der Waals surface area contributed by atoms with Crippen LogP contribution >= 0.6 is 0 Å². The molecule has 0 bridgehead atoms. The van der Waals surface area contributed by atoms with Gasteiger partial charge in [-0.3, -0.25) is 0 Å². The average Bonchev–Trinajstić information content (AvgIpc) is 2.48. The molecule has 2 amide bonds. The minimum absolute atomic E-state index is 0.0177. The number of piperidine rings is 1. The van der Waals surface area contributed by atoms with E-state index in [1.165, 1.54) is 13.2 Å². The van der Waals surface area contributed by atoms with Crippen molar-refractivity contribution < 1.29 is 13.9 Å². The predicted octanol–water partition coefficient (Wildman–Crippen LogP) is 2.82. The number of amides is 2. The molecule has 1 aliphatic heterocycles. The maximum Gasteiger partial charge on any atom is 0.317 e. The van der Waals surface area contributed by atoms with Crippen LogP contribution in [0.2, 0.25) is 0 Å². The Morgan fingerprint density at radius 2 is 2.14 bits per heavy atom. The van der Waals surface area contributed by atoms with Gasteiger partial charge in [0.1, 0.15) is 0 Å². The van der Waals surface area contributed by atoms with E-state index in [1.807, 2.05) is 11.0 Å². The molecule has 1 aromatic rings.